The first-order chi connectivity index (χ1) is 34.3. The van der Waals surface area contributed by atoms with Crippen molar-refractivity contribution in [3.8, 4) is 57.3 Å². The Labute approximate surface area is 422 Å². The van der Waals surface area contributed by atoms with E-state index in [4.69, 9.17) is 31.1 Å². The Balaban J connectivity index is 0.000000200. The Morgan fingerprint density at radius 1 is 0.653 bits per heavy atom. The fraction of sp³-hybridized carbons (Fsp3) is 0.259. The van der Waals surface area contributed by atoms with Gasteiger partial charge >= 0.3 is 19.1 Å². The lowest BCUT2D eigenvalue weighted by atomic mass is 9.82. The molecule has 368 valence electrons. The van der Waals surface area contributed by atoms with E-state index in [0.717, 1.165) is 28.1 Å². The maximum atomic E-state index is 12.5. The fourth-order valence-electron chi connectivity index (χ4n) is 7.18. The predicted octanol–water partition coefficient (Wildman–Crippen LogP) is 4.83. The summed E-state index contributed by atoms with van der Waals surface area (Å²) in [6.07, 6.45) is 3.74. The SMILES string of the molecule is CCOC(=O)c1cc(-c2ccc(C)nc2)cc(-c2cccc(C#C[C@]3(O)CCN(C)C3=O)c2)n1.CCOC(=O)c1cc(Cl)cc(-c2cccc(C#C[C@]3(O)CCN(C)C3=O)c2)n1.Cc1ccc(B(O)O)cn1. The van der Waals surface area contributed by atoms with Crippen molar-refractivity contribution in [1.82, 2.24) is 29.7 Å². The molecule has 8 rings (SSSR count). The monoisotopic (exact) mass is 990 g/mol. The third kappa shape index (κ3) is 13.8. The van der Waals surface area contributed by atoms with Crippen molar-refractivity contribution in [3.05, 3.63) is 148 Å². The summed E-state index contributed by atoms with van der Waals surface area (Å²) in [5.41, 5.74) is 4.52. The number of likely N-dealkylation sites (tertiary alicyclic amines) is 2. The summed E-state index contributed by atoms with van der Waals surface area (Å²) < 4.78 is 10.2. The van der Waals surface area contributed by atoms with Gasteiger partial charge in [0.15, 0.2) is 5.69 Å². The molecule has 2 atom stereocenters. The molecule has 2 fully saturated rings. The van der Waals surface area contributed by atoms with Crippen LogP contribution >= 0.6 is 11.6 Å². The Kier molecular flexibility index (Phi) is 17.8. The van der Waals surface area contributed by atoms with Crippen LogP contribution in [-0.4, -0.2) is 132 Å². The van der Waals surface area contributed by atoms with Crippen LogP contribution in [0.2, 0.25) is 5.02 Å². The number of aromatic nitrogens is 4. The van der Waals surface area contributed by atoms with Gasteiger partial charge in [0.1, 0.15) is 5.69 Å². The lowest BCUT2D eigenvalue weighted by Crippen LogP contribution is -2.37. The molecule has 2 amide bonds. The van der Waals surface area contributed by atoms with Gasteiger partial charge in [0.25, 0.3) is 11.8 Å². The van der Waals surface area contributed by atoms with Crippen LogP contribution in [0.5, 0.6) is 0 Å². The molecule has 2 aliphatic rings. The Morgan fingerprint density at radius 2 is 1.14 bits per heavy atom. The highest BCUT2D eigenvalue weighted by Crippen LogP contribution is 2.28. The van der Waals surface area contributed by atoms with Gasteiger partial charge in [0.2, 0.25) is 11.2 Å². The van der Waals surface area contributed by atoms with E-state index >= 15 is 0 Å². The number of carbonyl (C=O) groups excluding carboxylic acids is 4. The largest absolute Gasteiger partial charge is 0.490 e. The van der Waals surface area contributed by atoms with Crippen molar-refractivity contribution in [1.29, 1.82) is 0 Å². The number of aliphatic hydroxyl groups is 2. The maximum absolute atomic E-state index is 12.5. The van der Waals surface area contributed by atoms with Gasteiger partial charge in [-0.05, 0) is 93.9 Å². The molecule has 4 aromatic heterocycles. The number of benzene rings is 2. The van der Waals surface area contributed by atoms with Crippen LogP contribution in [0.15, 0.2) is 109 Å². The number of halogens is 1. The average Bonchev–Trinajstić information content (AvgIpc) is 3.79. The van der Waals surface area contributed by atoms with Crippen LogP contribution < -0.4 is 5.46 Å². The number of likely N-dealkylation sites (N-methyl/N-ethyl adjacent to an activating group) is 2. The van der Waals surface area contributed by atoms with Crippen molar-refractivity contribution < 1.29 is 48.9 Å². The number of amides is 2. The molecule has 18 heteroatoms. The van der Waals surface area contributed by atoms with E-state index in [-0.39, 0.29) is 37.4 Å². The second-order valence-electron chi connectivity index (χ2n) is 16.8. The van der Waals surface area contributed by atoms with Crippen LogP contribution in [0.3, 0.4) is 0 Å². The van der Waals surface area contributed by atoms with Gasteiger partial charge < -0.3 is 39.5 Å². The summed E-state index contributed by atoms with van der Waals surface area (Å²) >= 11 is 6.13. The first-order valence-electron chi connectivity index (χ1n) is 22.8. The van der Waals surface area contributed by atoms with Crippen LogP contribution in [0.1, 0.15) is 70.2 Å². The van der Waals surface area contributed by atoms with Crippen molar-refractivity contribution in [2.45, 2.75) is 51.7 Å². The Bertz CT molecular complexity index is 3100. The minimum absolute atomic E-state index is 0.120. The number of hydrogen-bond donors (Lipinski definition) is 4. The third-order valence-corrected chi connectivity index (χ3v) is 11.4. The number of hydrogen-bond acceptors (Lipinski definition) is 14. The van der Waals surface area contributed by atoms with E-state index in [1.807, 2.05) is 56.3 Å². The molecule has 6 heterocycles. The number of rotatable bonds is 8. The molecule has 0 aliphatic carbocycles. The molecule has 0 spiro atoms. The van der Waals surface area contributed by atoms with Gasteiger partial charge in [-0.25, -0.2) is 19.6 Å². The summed E-state index contributed by atoms with van der Waals surface area (Å²) in [7, 11) is 1.87. The minimum Gasteiger partial charge on any atom is -0.461 e. The van der Waals surface area contributed by atoms with E-state index < -0.39 is 42.1 Å². The zero-order valence-electron chi connectivity index (χ0n) is 40.5. The van der Waals surface area contributed by atoms with Crippen LogP contribution in [0.25, 0.3) is 33.6 Å². The molecule has 0 saturated carbocycles. The number of nitrogens with zero attached hydrogens (tertiary/aromatic N) is 6. The summed E-state index contributed by atoms with van der Waals surface area (Å²) in [4.78, 5) is 68.7. The molecule has 0 bridgehead atoms. The number of carbonyl (C=O) groups is 4. The van der Waals surface area contributed by atoms with E-state index in [9.17, 15) is 29.4 Å². The average molecular weight is 991 g/mol. The highest BCUT2D eigenvalue weighted by Gasteiger charge is 2.43. The first kappa shape index (κ1) is 53.6. The van der Waals surface area contributed by atoms with Crippen molar-refractivity contribution in [2.75, 3.05) is 40.4 Å². The van der Waals surface area contributed by atoms with Crippen molar-refractivity contribution >= 4 is 47.9 Å². The molecule has 0 unspecified atom stereocenters. The van der Waals surface area contributed by atoms with Gasteiger partial charge in [-0.15, -0.1) is 0 Å². The van der Waals surface area contributed by atoms with Crippen LogP contribution in [0, 0.1) is 37.5 Å². The van der Waals surface area contributed by atoms with Gasteiger partial charge in [-0.2, -0.15) is 0 Å². The number of pyridine rings is 4. The second kappa shape index (κ2) is 23.9. The van der Waals surface area contributed by atoms with E-state index in [2.05, 4.69) is 43.6 Å². The first-order valence-corrected chi connectivity index (χ1v) is 23.2. The molecule has 4 N–H and O–H groups in total. The molecule has 2 aromatic carbocycles. The summed E-state index contributed by atoms with van der Waals surface area (Å²) in [5, 5.41) is 38.6. The van der Waals surface area contributed by atoms with E-state index in [0.29, 0.717) is 51.7 Å². The highest BCUT2D eigenvalue weighted by molar-refractivity contribution is 6.58. The van der Waals surface area contributed by atoms with Gasteiger partial charge in [-0.3, -0.25) is 19.6 Å². The van der Waals surface area contributed by atoms with E-state index in [1.54, 1.807) is 82.7 Å². The normalized spacial score (nSPS) is 16.7. The second-order valence-corrected chi connectivity index (χ2v) is 17.2. The fourth-order valence-corrected chi connectivity index (χ4v) is 7.39. The summed E-state index contributed by atoms with van der Waals surface area (Å²) in [5.74, 6) is 9.36. The quantitative estimate of drug-likeness (QED) is 0.0911. The third-order valence-electron chi connectivity index (χ3n) is 11.2. The summed E-state index contributed by atoms with van der Waals surface area (Å²) in [6, 6.07) is 28.3. The summed E-state index contributed by atoms with van der Waals surface area (Å²) in [6.45, 7) is 8.62. The molecular formula is C54H52BClN6O10. The maximum Gasteiger partial charge on any atom is 0.490 e. The molecule has 0 radical (unpaired) electrons. The molecular weight excluding hydrogens is 939 g/mol. The minimum atomic E-state index is -1.67. The number of esters is 2. The lowest BCUT2D eigenvalue weighted by molar-refractivity contribution is -0.138. The highest BCUT2D eigenvalue weighted by atomic mass is 35.5. The molecule has 72 heavy (non-hydrogen) atoms. The molecule has 16 nitrogen and oxygen atoms in total. The lowest BCUT2D eigenvalue weighted by Gasteiger charge is -2.13. The zero-order chi connectivity index (χ0) is 52.2. The van der Waals surface area contributed by atoms with E-state index in [1.165, 1.54) is 22.1 Å². The van der Waals surface area contributed by atoms with Crippen molar-refractivity contribution in [3.63, 3.8) is 0 Å². The van der Waals surface area contributed by atoms with Crippen LogP contribution in [-0.2, 0) is 19.1 Å². The van der Waals surface area contributed by atoms with Gasteiger partial charge in [0.05, 0.1) is 24.6 Å². The smallest absolute Gasteiger partial charge is 0.461 e. The Hall–Kier alpha value is -7.77. The number of aryl methyl sites for hydroxylation is 2. The molecule has 2 aliphatic heterocycles. The standard InChI is InChI=1S/C27H25N3O4.C21H19ClN2O4.C6H8BNO2/c1-4-34-25(31)24-16-22(21-9-8-18(2)28-17-21)15-23(29-24)20-7-5-6-19(14-20)10-11-27(33)12-13-30(3)26(27)32;1-3-28-19(25)18-13-16(22)12-17(23-18)15-6-4-5-14(11-15)7-8-21(27)9-10-24(2)20(21)26;1-5-2-3-6(4-8-5)7(9)10/h5-9,14-17,33H,4,12-13H2,1-3H3;4-6,11-13,27H,3,9-10H2,1-2H3;2-4,9-10H,1H3/t27-;21-;/m00./s1. The predicted molar refractivity (Wildman–Crippen MR) is 271 cm³/mol. The van der Waals surface area contributed by atoms with Gasteiger partial charge in [0, 0.05) is 102 Å². The molecule has 2 saturated heterocycles. The van der Waals surface area contributed by atoms with Crippen molar-refractivity contribution in [2.24, 2.45) is 0 Å². The van der Waals surface area contributed by atoms with Gasteiger partial charge in [-0.1, -0.05) is 71.7 Å². The Morgan fingerprint density at radius 3 is 1.57 bits per heavy atom. The molecule has 6 aromatic rings. The van der Waals surface area contributed by atoms with Crippen LogP contribution in [0.4, 0.5) is 0 Å². The number of ether oxygens (including phenoxy) is 2. The topological polar surface area (TPSA) is 226 Å². The zero-order valence-corrected chi connectivity index (χ0v) is 41.3.